The highest BCUT2D eigenvalue weighted by Crippen LogP contribution is 2.38. The number of alkyl halides is 3. The van der Waals surface area contributed by atoms with Crippen molar-refractivity contribution in [3.63, 3.8) is 0 Å². The van der Waals surface area contributed by atoms with Crippen molar-refractivity contribution in [2.24, 2.45) is 11.8 Å². The molecule has 7 heteroatoms. The molecule has 2 unspecified atom stereocenters. The van der Waals surface area contributed by atoms with Gasteiger partial charge in [0.15, 0.2) is 0 Å². The number of benzene rings is 1. The summed E-state index contributed by atoms with van der Waals surface area (Å²) < 4.78 is 44.2. The first-order chi connectivity index (χ1) is 9.43. The van der Waals surface area contributed by atoms with Gasteiger partial charge in [-0.3, -0.25) is 11.3 Å². The van der Waals surface area contributed by atoms with Gasteiger partial charge in [0.2, 0.25) is 0 Å². The number of nitrogens with one attached hydrogen (secondary N) is 1. The zero-order valence-corrected chi connectivity index (χ0v) is 12.3. The quantitative estimate of drug-likeness (QED) is 0.647. The van der Waals surface area contributed by atoms with Crippen LogP contribution in [0.15, 0.2) is 22.7 Å². The Morgan fingerprint density at radius 2 is 2.15 bits per heavy atom. The number of hydrogen-bond acceptors (Lipinski definition) is 3. The van der Waals surface area contributed by atoms with Crippen molar-refractivity contribution in [1.29, 1.82) is 0 Å². The van der Waals surface area contributed by atoms with Gasteiger partial charge < -0.3 is 4.74 Å². The Morgan fingerprint density at radius 1 is 1.40 bits per heavy atom. The van der Waals surface area contributed by atoms with Gasteiger partial charge in [-0.25, -0.2) is 0 Å². The first kappa shape index (κ1) is 15.8. The van der Waals surface area contributed by atoms with Crippen molar-refractivity contribution >= 4 is 15.9 Å². The fourth-order valence-corrected chi connectivity index (χ4v) is 2.96. The van der Waals surface area contributed by atoms with Crippen LogP contribution in [0.1, 0.15) is 30.0 Å². The van der Waals surface area contributed by atoms with E-state index in [-0.39, 0.29) is 16.4 Å². The number of nitrogens with two attached hydrogens (primary N) is 1. The zero-order chi connectivity index (χ0) is 14.8. The largest absolute Gasteiger partial charge is 0.417 e. The van der Waals surface area contributed by atoms with Gasteiger partial charge in [0.25, 0.3) is 0 Å². The average Bonchev–Trinajstić information content (AvgIpc) is 2.41. The van der Waals surface area contributed by atoms with Crippen LogP contribution >= 0.6 is 15.9 Å². The maximum absolute atomic E-state index is 12.9. The summed E-state index contributed by atoms with van der Waals surface area (Å²) in [6, 6.07) is 3.86. The molecular formula is C13H16BrF3N2O. The molecule has 112 valence electrons. The molecule has 2 atom stereocenters. The molecule has 1 fully saturated rings. The SMILES string of the molecule is NNC(c1ccc(Br)c(C(F)(F)F)c1)C1CCCOC1. The molecule has 0 spiro atoms. The second kappa shape index (κ2) is 6.43. The smallest absolute Gasteiger partial charge is 0.381 e. The maximum atomic E-state index is 12.9. The normalized spacial score (nSPS) is 21.8. The van der Waals surface area contributed by atoms with Gasteiger partial charge >= 0.3 is 6.18 Å². The van der Waals surface area contributed by atoms with Crippen molar-refractivity contribution in [1.82, 2.24) is 5.43 Å². The van der Waals surface area contributed by atoms with Crippen molar-refractivity contribution in [3.8, 4) is 0 Å². The van der Waals surface area contributed by atoms with E-state index in [1.54, 1.807) is 6.07 Å². The number of halogens is 4. The minimum atomic E-state index is -4.39. The fourth-order valence-electron chi connectivity index (χ4n) is 2.49. The van der Waals surface area contributed by atoms with E-state index >= 15 is 0 Å². The molecule has 0 amide bonds. The van der Waals surface area contributed by atoms with Gasteiger partial charge in [-0.05, 0) is 30.5 Å². The van der Waals surface area contributed by atoms with E-state index in [9.17, 15) is 13.2 Å². The lowest BCUT2D eigenvalue weighted by atomic mass is 9.88. The molecule has 1 aliphatic heterocycles. The third-order valence-corrected chi connectivity index (χ3v) is 4.19. The highest BCUT2D eigenvalue weighted by Gasteiger charge is 2.34. The van der Waals surface area contributed by atoms with Crippen LogP contribution in [0.2, 0.25) is 0 Å². The lowest BCUT2D eigenvalue weighted by molar-refractivity contribution is -0.138. The monoisotopic (exact) mass is 352 g/mol. The van der Waals surface area contributed by atoms with E-state index in [0.29, 0.717) is 18.8 Å². The second-order valence-corrected chi connectivity index (χ2v) is 5.71. The van der Waals surface area contributed by atoms with Crippen molar-refractivity contribution < 1.29 is 17.9 Å². The summed E-state index contributed by atoms with van der Waals surface area (Å²) in [5, 5.41) is 0. The fraction of sp³-hybridized carbons (Fsp3) is 0.538. The van der Waals surface area contributed by atoms with Crippen molar-refractivity contribution in [3.05, 3.63) is 33.8 Å². The molecule has 20 heavy (non-hydrogen) atoms. The van der Waals surface area contributed by atoms with Gasteiger partial charge in [0.05, 0.1) is 18.2 Å². The Bertz CT molecular complexity index is 461. The van der Waals surface area contributed by atoms with E-state index in [1.807, 2.05) is 0 Å². The molecule has 1 saturated heterocycles. The van der Waals surface area contributed by atoms with Crippen LogP contribution in [0.5, 0.6) is 0 Å². The molecule has 0 saturated carbocycles. The van der Waals surface area contributed by atoms with Crippen LogP contribution in [-0.2, 0) is 10.9 Å². The predicted molar refractivity (Wildman–Crippen MR) is 72.8 cm³/mol. The molecule has 2 rings (SSSR count). The molecular weight excluding hydrogens is 337 g/mol. The lowest BCUT2D eigenvalue weighted by Gasteiger charge is -2.30. The Kier molecular flexibility index (Phi) is 5.06. The van der Waals surface area contributed by atoms with E-state index in [1.165, 1.54) is 6.07 Å². The van der Waals surface area contributed by atoms with Crippen LogP contribution in [0.25, 0.3) is 0 Å². The summed E-state index contributed by atoms with van der Waals surface area (Å²) in [7, 11) is 0. The van der Waals surface area contributed by atoms with Gasteiger partial charge in [-0.2, -0.15) is 13.2 Å². The molecule has 0 aliphatic carbocycles. The van der Waals surface area contributed by atoms with Gasteiger partial charge in [-0.15, -0.1) is 0 Å². The number of rotatable bonds is 3. The zero-order valence-electron chi connectivity index (χ0n) is 10.7. The second-order valence-electron chi connectivity index (χ2n) is 4.86. The molecule has 3 N–H and O–H groups in total. The summed E-state index contributed by atoms with van der Waals surface area (Å²) in [6.45, 7) is 1.20. The average molecular weight is 353 g/mol. The number of hydrogen-bond donors (Lipinski definition) is 2. The molecule has 1 heterocycles. The minimum absolute atomic E-state index is 0.0319. The van der Waals surface area contributed by atoms with Crippen LogP contribution in [-0.4, -0.2) is 13.2 Å². The number of hydrazine groups is 1. The molecule has 1 aromatic carbocycles. The standard InChI is InChI=1S/C13H16BrF3N2O/c14-11-4-3-8(6-10(11)13(15,16)17)12(19-18)9-2-1-5-20-7-9/h3-4,6,9,12,19H,1-2,5,7,18H2. The van der Waals surface area contributed by atoms with Crippen molar-refractivity contribution in [2.45, 2.75) is 25.1 Å². The molecule has 1 aliphatic rings. The molecule has 0 bridgehead atoms. The summed E-state index contributed by atoms with van der Waals surface area (Å²) >= 11 is 2.94. The maximum Gasteiger partial charge on any atom is 0.417 e. The van der Waals surface area contributed by atoms with E-state index in [4.69, 9.17) is 10.6 Å². The van der Waals surface area contributed by atoms with Crippen molar-refractivity contribution in [2.75, 3.05) is 13.2 Å². The van der Waals surface area contributed by atoms with Crippen LogP contribution < -0.4 is 11.3 Å². The lowest BCUT2D eigenvalue weighted by Crippen LogP contribution is -2.37. The Balaban J connectivity index is 2.30. The van der Waals surface area contributed by atoms with E-state index < -0.39 is 11.7 Å². The van der Waals surface area contributed by atoms with Crippen LogP contribution in [0, 0.1) is 5.92 Å². The first-order valence-electron chi connectivity index (χ1n) is 6.34. The number of ether oxygens (including phenoxy) is 1. The van der Waals surface area contributed by atoms with Crippen LogP contribution in [0.4, 0.5) is 13.2 Å². The summed E-state index contributed by atoms with van der Waals surface area (Å²) in [4.78, 5) is 0. The third-order valence-electron chi connectivity index (χ3n) is 3.50. The minimum Gasteiger partial charge on any atom is -0.381 e. The molecule has 3 nitrogen and oxygen atoms in total. The van der Waals surface area contributed by atoms with E-state index in [0.717, 1.165) is 18.9 Å². The van der Waals surface area contributed by atoms with Gasteiger partial charge in [0.1, 0.15) is 0 Å². The Hall–Kier alpha value is -0.630. The highest BCUT2D eigenvalue weighted by molar-refractivity contribution is 9.10. The van der Waals surface area contributed by atoms with Crippen LogP contribution in [0.3, 0.4) is 0 Å². The Morgan fingerprint density at radius 3 is 2.70 bits per heavy atom. The topological polar surface area (TPSA) is 47.3 Å². The predicted octanol–water partition coefficient (Wildman–Crippen LogP) is 3.40. The van der Waals surface area contributed by atoms with Gasteiger partial charge in [-0.1, -0.05) is 22.0 Å². The highest BCUT2D eigenvalue weighted by atomic mass is 79.9. The van der Waals surface area contributed by atoms with Gasteiger partial charge in [0, 0.05) is 17.0 Å². The molecule has 0 aromatic heterocycles. The summed E-state index contributed by atoms with van der Waals surface area (Å²) in [5.74, 6) is 5.61. The first-order valence-corrected chi connectivity index (χ1v) is 7.13. The summed E-state index contributed by atoms with van der Waals surface area (Å²) in [6.07, 6.45) is -2.62. The third kappa shape index (κ3) is 3.52. The molecule has 1 aromatic rings. The summed E-state index contributed by atoms with van der Waals surface area (Å²) in [5.41, 5.74) is 2.46. The molecule has 0 radical (unpaired) electrons. The van der Waals surface area contributed by atoms with E-state index in [2.05, 4.69) is 21.4 Å². The Labute approximate surface area is 123 Å².